The summed E-state index contributed by atoms with van der Waals surface area (Å²) in [6, 6.07) is 6.50. The standard InChI is InChI=1S/C14H13ClFN5/c1-8-6-9(2)21-14(18-8)19-13(20-21)17-7-10-11(15)4-3-5-12(10)16/h3-6H,7H2,1-2H3,(H,17,20). The molecule has 1 aromatic carbocycles. The maximum atomic E-state index is 13.7. The molecule has 0 fully saturated rings. The van der Waals surface area contributed by atoms with E-state index in [0.29, 0.717) is 22.3 Å². The minimum atomic E-state index is -0.357. The van der Waals surface area contributed by atoms with Crippen LogP contribution in [0.3, 0.4) is 0 Å². The number of hydrogen-bond donors (Lipinski definition) is 1. The monoisotopic (exact) mass is 305 g/mol. The number of benzene rings is 1. The van der Waals surface area contributed by atoms with E-state index in [0.717, 1.165) is 11.4 Å². The first kappa shape index (κ1) is 13.8. The molecule has 0 aliphatic heterocycles. The van der Waals surface area contributed by atoms with Gasteiger partial charge in [-0.2, -0.15) is 9.50 Å². The van der Waals surface area contributed by atoms with Crippen molar-refractivity contribution in [2.45, 2.75) is 20.4 Å². The molecule has 5 nitrogen and oxygen atoms in total. The molecule has 0 spiro atoms. The number of fused-ring (bicyclic) bond motifs is 1. The van der Waals surface area contributed by atoms with E-state index in [1.165, 1.54) is 6.07 Å². The van der Waals surface area contributed by atoms with Crippen LogP contribution in [0.2, 0.25) is 5.02 Å². The zero-order valence-corrected chi connectivity index (χ0v) is 12.3. The van der Waals surface area contributed by atoms with Crippen LogP contribution < -0.4 is 5.32 Å². The zero-order valence-electron chi connectivity index (χ0n) is 11.6. The summed E-state index contributed by atoms with van der Waals surface area (Å²) in [5, 5.41) is 7.64. The van der Waals surface area contributed by atoms with Crippen molar-refractivity contribution in [3.05, 3.63) is 52.1 Å². The lowest BCUT2D eigenvalue weighted by molar-refractivity contribution is 0.613. The van der Waals surface area contributed by atoms with Gasteiger partial charge in [0.2, 0.25) is 5.95 Å². The van der Waals surface area contributed by atoms with Crippen LogP contribution in [-0.2, 0) is 6.54 Å². The van der Waals surface area contributed by atoms with Gasteiger partial charge in [-0.25, -0.2) is 9.37 Å². The lowest BCUT2D eigenvalue weighted by Gasteiger charge is -2.05. The second-order valence-corrected chi connectivity index (χ2v) is 5.15. The average molecular weight is 306 g/mol. The molecule has 3 rings (SSSR count). The molecule has 3 aromatic rings. The van der Waals surface area contributed by atoms with Crippen LogP contribution in [0.15, 0.2) is 24.3 Å². The Morgan fingerprint density at radius 2 is 2.10 bits per heavy atom. The fraction of sp³-hybridized carbons (Fsp3) is 0.214. The number of nitrogens with zero attached hydrogens (tertiary/aromatic N) is 4. The summed E-state index contributed by atoms with van der Waals surface area (Å²) in [6.45, 7) is 4.03. The number of aromatic nitrogens is 4. The van der Waals surface area contributed by atoms with Crippen LogP contribution >= 0.6 is 11.6 Å². The van der Waals surface area contributed by atoms with Gasteiger partial charge in [0.1, 0.15) is 5.82 Å². The molecular formula is C14H13ClFN5. The number of hydrogen-bond acceptors (Lipinski definition) is 4. The van der Waals surface area contributed by atoms with E-state index in [2.05, 4.69) is 20.4 Å². The van der Waals surface area contributed by atoms with E-state index < -0.39 is 0 Å². The van der Waals surface area contributed by atoms with Gasteiger partial charge in [-0.05, 0) is 32.0 Å². The molecule has 0 saturated carbocycles. The number of halogens is 2. The maximum Gasteiger partial charge on any atom is 0.254 e. The van der Waals surface area contributed by atoms with E-state index in [4.69, 9.17) is 11.6 Å². The fourth-order valence-corrected chi connectivity index (χ4v) is 2.34. The predicted molar refractivity (Wildman–Crippen MR) is 79.0 cm³/mol. The Morgan fingerprint density at radius 3 is 2.86 bits per heavy atom. The van der Waals surface area contributed by atoms with Gasteiger partial charge in [0, 0.05) is 28.5 Å². The molecule has 0 bridgehead atoms. The minimum absolute atomic E-state index is 0.209. The quantitative estimate of drug-likeness (QED) is 0.807. The van der Waals surface area contributed by atoms with Gasteiger partial charge in [0.15, 0.2) is 0 Å². The molecule has 0 radical (unpaired) electrons. The molecule has 0 atom stereocenters. The second-order valence-electron chi connectivity index (χ2n) is 4.74. The highest BCUT2D eigenvalue weighted by Gasteiger charge is 2.10. The van der Waals surface area contributed by atoms with Gasteiger partial charge in [-0.3, -0.25) is 0 Å². The summed E-state index contributed by atoms with van der Waals surface area (Å²) >= 11 is 5.98. The maximum absolute atomic E-state index is 13.7. The number of aryl methyl sites for hydroxylation is 2. The molecule has 7 heteroatoms. The molecule has 0 unspecified atom stereocenters. The minimum Gasteiger partial charge on any atom is -0.349 e. The summed E-state index contributed by atoms with van der Waals surface area (Å²) in [5.74, 6) is 0.536. The number of rotatable bonds is 3. The Balaban J connectivity index is 1.87. The van der Waals surface area contributed by atoms with Crippen molar-refractivity contribution < 1.29 is 4.39 Å². The van der Waals surface area contributed by atoms with E-state index in [9.17, 15) is 4.39 Å². The highest BCUT2D eigenvalue weighted by atomic mass is 35.5. The SMILES string of the molecule is Cc1cc(C)n2nc(NCc3c(F)cccc3Cl)nc2n1. The Labute approximate surface area is 125 Å². The Kier molecular flexibility index (Phi) is 3.47. The van der Waals surface area contributed by atoms with Gasteiger partial charge in [0.25, 0.3) is 5.78 Å². The summed E-state index contributed by atoms with van der Waals surface area (Å²) in [7, 11) is 0. The molecule has 0 aliphatic carbocycles. The van der Waals surface area contributed by atoms with Crippen molar-refractivity contribution in [2.24, 2.45) is 0 Å². The van der Waals surface area contributed by atoms with Crippen molar-refractivity contribution in [1.29, 1.82) is 0 Å². The van der Waals surface area contributed by atoms with Crippen LogP contribution in [0, 0.1) is 19.7 Å². The highest BCUT2D eigenvalue weighted by molar-refractivity contribution is 6.31. The predicted octanol–water partition coefficient (Wildman–Crippen LogP) is 3.15. The van der Waals surface area contributed by atoms with Crippen LogP contribution in [0.1, 0.15) is 17.0 Å². The second kappa shape index (κ2) is 5.29. The van der Waals surface area contributed by atoms with Gasteiger partial charge in [-0.1, -0.05) is 17.7 Å². The van der Waals surface area contributed by atoms with Crippen molar-refractivity contribution in [3.8, 4) is 0 Å². The van der Waals surface area contributed by atoms with Crippen LogP contribution in [0.4, 0.5) is 10.3 Å². The van der Waals surface area contributed by atoms with Gasteiger partial charge in [0.05, 0.1) is 0 Å². The first-order valence-electron chi connectivity index (χ1n) is 6.42. The summed E-state index contributed by atoms with van der Waals surface area (Å²) < 4.78 is 15.3. The van der Waals surface area contributed by atoms with Crippen molar-refractivity contribution in [2.75, 3.05) is 5.32 Å². The molecule has 0 amide bonds. The smallest absolute Gasteiger partial charge is 0.254 e. The summed E-state index contributed by atoms with van der Waals surface area (Å²) in [5.41, 5.74) is 2.19. The lowest BCUT2D eigenvalue weighted by atomic mass is 10.2. The Morgan fingerprint density at radius 1 is 1.29 bits per heavy atom. The average Bonchev–Trinajstić information content (AvgIpc) is 2.81. The number of anilines is 1. The first-order chi connectivity index (χ1) is 10.0. The summed E-state index contributed by atoms with van der Waals surface area (Å²) in [6.07, 6.45) is 0. The third kappa shape index (κ3) is 2.67. The van der Waals surface area contributed by atoms with Crippen molar-refractivity contribution >= 4 is 23.3 Å². The topological polar surface area (TPSA) is 55.1 Å². The van der Waals surface area contributed by atoms with Crippen molar-refractivity contribution in [3.63, 3.8) is 0 Å². The zero-order chi connectivity index (χ0) is 15.0. The molecule has 2 heterocycles. The van der Waals surface area contributed by atoms with Crippen LogP contribution in [-0.4, -0.2) is 19.6 Å². The van der Waals surface area contributed by atoms with Gasteiger partial charge < -0.3 is 5.32 Å². The molecule has 2 aromatic heterocycles. The fourth-order valence-electron chi connectivity index (χ4n) is 2.11. The van der Waals surface area contributed by atoms with Crippen LogP contribution in [0.5, 0.6) is 0 Å². The molecule has 21 heavy (non-hydrogen) atoms. The lowest BCUT2D eigenvalue weighted by Crippen LogP contribution is -2.04. The third-order valence-electron chi connectivity index (χ3n) is 3.10. The van der Waals surface area contributed by atoms with Crippen LogP contribution in [0.25, 0.3) is 5.78 Å². The molecule has 0 saturated heterocycles. The van der Waals surface area contributed by atoms with E-state index in [-0.39, 0.29) is 12.4 Å². The highest BCUT2D eigenvalue weighted by Crippen LogP contribution is 2.20. The molecule has 108 valence electrons. The van der Waals surface area contributed by atoms with E-state index in [1.54, 1.807) is 16.6 Å². The molecule has 0 aliphatic rings. The summed E-state index contributed by atoms with van der Waals surface area (Å²) in [4.78, 5) is 8.57. The number of nitrogens with one attached hydrogen (secondary N) is 1. The van der Waals surface area contributed by atoms with Gasteiger partial charge >= 0.3 is 0 Å². The van der Waals surface area contributed by atoms with E-state index in [1.807, 2.05) is 19.9 Å². The third-order valence-corrected chi connectivity index (χ3v) is 3.46. The largest absolute Gasteiger partial charge is 0.349 e. The molecular weight excluding hydrogens is 293 g/mol. The van der Waals surface area contributed by atoms with E-state index >= 15 is 0 Å². The normalized spacial score (nSPS) is 11.0. The Bertz CT molecular complexity index is 794. The first-order valence-corrected chi connectivity index (χ1v) is 6.80. The van der Waals surface area contributed by atoms with Crippen molar-refractivity contribution in [1.82, 2.24) is 19.6 Å². The molecule has 1 N–H and O–H groups in total. The van der Waals surface area contributed by atoms with Gasteiger partial charge in [-0.15, -0.1) is 5.10 Å². The Hall–Kier alpha value is -2.21.